The Morgan fingerprint density at radius 3 is 2.06 bits per heavy atom. The van der Waals surface area contributed by atoms with Crippen molar-refractivity contribution in [2.24, 2.45) is 0 Å². The number of hydrogen-bond acceptors (Lipinski definition) is 4. The Morgan fingerprint density at radius 1 is 0.848 bits per heavy atom. The summed E-state index contributed by atoms with van der Waals surface area (Å²) in [5.74, 6) is -1.53. The smallest absolute Gasteiger partial charge is 0.416 e. The number of esters is 1. The van der Waals surface area contributed by atoms with Gasteiger partial charge in [-0.1, -0.05) is 18.2 Å². The van der Waals surface area contributed by atoms with Crippen molar-refractivity contribution in [3.63, 3.8) is 0 Å². The Hall–Kier alpha value is -3.82. The van der Waals surface area contributed by atoms with Crippen LogP contribution in [0.1, 0.15) is 32.7 Å². The number of aromatic nitrogens is 1. The predicted molar refractivity (Wildman–Crippen MR) is 108 cm³/mol. The van der Waals surface area contributed by atoms with Crippen molar-refractivity contribution < 1.29 is 40.6 Å². The lowest BCUT2D eigenvalue weighted by molar-refractivity contribution is -0.143. The van der Waals surface area contributed by atoms with Gasteiger partial charge in [0.25, 0.3) is 0 Å². The van der Waals surface area contributed by atoms with Gasteiger partial charge in [0.2, 0.25) is 0 Å². The predicted octanol–water partition coefficient (Wildman–Crippen LogP) is 6.52. The number of pyridine rings is 1. The first-order valence-electron chi connectivity index (χ1n) is 9.26. The first-order chi connectivity index (χ1) is 15.5. The van der Waals surface area contributed by atoms with E-state index in [-0.39, 0.29) is 17.6 Å². The van der Waals surface area contributed by atoms with Gasteiger partial charge in [-0.15, -0.1) is 0 Å². The molecule has 0 aliphatic heterocycles. The minimum absolute atomic E-state index is 0.0505. The molecule has 0 spiro atoms. The third-order valence-corrected chi connectivity index (χ3v) is 4.35. The van der Waals surface area contributed by atoms with E-state index in [2.05, 4.69) is 4.98 Å². The molecule has 0 unspecified atom stereocenters. The molecular formula is C23H15F6NO3. The Labute approximate surface area is 184 Å². The van der Waals surface area contributed by atoms with Crippen molar-refractivity contribution in [2.75, 3.05) is 7.11 Å². The summed E-state index contributed by atoms with van der Waals surface area (Å²) in [7, 11) is 1.27. The molecule has 172 valence electrons. The van der Waals surface area contributed by atoms with Crippen molar-refractivity contribution in [1.29, 1.82) is 0 Å². The maximum absolute atomic E-state index is 13.0. The number of carbonyl (C=O) groups excluding carboxylic acids is 1. The molecular weight excluding hydrogens is 452 g/mol. The fourth-order valence-corrected chi connectivity index (χ4v) is 2.76. The second-order valence-electron chi connectivity index (χ2n) is 6.68. The summed E-state index contributed by atoms with van der Waals surface area (Å²) in [5.41, 5.74) is -2.84. The van der Waals surface area contributed by atoms with E-state index < -0.39 is 35.0 Å². The molecule has 0 aliphatic carbocycles. The van der Waals surface area contributed by atoms with Gasteiger partial charge in [-0.2, -0.15) is 26.3 Å². The number of rotatable bonds is 5. The highest BCUT2D eigenvalue weighted by atomic mass is 19.4. The van der Waals surface area contributed by atoms with E-state index in [0.717, 1.165) is 0 Å². The van der Waals surface area contributed by atoms with Crippen molar-refractivity contribution in [3.8, 4) is 11.5 Å². The maximum Gasteiger partial charge on any atom is 0.416 e. The fourth-order valence-electron chi connectivity index (χ4n) is 2.76. The number of hydrogen-bond donors (Lipinski definition) is 0. The fraction of sp³-hybridized carbons (Fsp3) is 0.130. The van der Waals surface area contributed by atoms with E-state index in [1.54, 1.807) is 36.5 Å². The number of methoxy groups -OCH3 is 1. The van der Waals surface area contributed by atoms with Gasteiger partial charge in [0.1, 0.15) is 0 Å². The standard InChI is InChI=1S/C23H15F6NO3/c1-32-20-10-14(5-7-18-4-2-3-9-30-18)6-8-19(20)33-21(31)15-11-16(22(24,25)26)13-17(12-15)23(27,28)29/h2-13H,1H3/b7-5+. The lowest BCUT2D eigenvalue weighted by Crippen LogP contribution is -2.16. The van der Waals surface area contributed by atoms with Crippen LogP contribution in [-0.4, -0.2) is 18.1 Å². The van der Waals surface area contributed by atoms with E-state index in [1.807, 2.05) is 0 Å². The van der Waals surface area contributed by atoms with Crippen molar-refractivity contribution >= 4 is 18.1 Å². The first-order valence-corrected chi connectivity index (χ1v) is 9.26. The Bertz CT molecular complexity index is 1140. The molecule has 4 nitrogen and oxygen atoms in total. The summed E-state index contributed by atoms with van der Waals surface area (Å²) in [4.78, 5) is 16.5. The van der Waals surface area contributed by atoms with E-state index in [9.17, 15) is 31.1 Å². The van der Waals surface area contributed by atoms with E-state index in [1.165, 1.54) is 25.3 Å². The molecule has 0 radical (unpaired) electrons. The molecule has 2 aromatic carbocycles. The van der Waals surface area contributed by atoms with Crippen LogP contribution in [0.25, 0.3) is 12.2 Å². The van der Waals surface area contributed by atoms with Crippen molar-refractivity contribution in [3.05, 3.63) is 88.7 Å². The largest absolute Gasteiger partial charge is 0.493 e. The normalized spacial score (nSPS) is 12.1. The molecule has 1 heterocycles. The Balaban J connectivity index is 1.88. The third kappa shape index (κ3) is 6.12. The zero-order valence-corrected chi connectivity index (χ0v) is 16.9. The van der Waals surface area contributed by atoms with Gasteiger partial charge in [0.05, 0.1) is 29.5 Å². The lowest BCUT2D eigenvalue weighted by Gasteiger charge is -2.14. The number of nitrogens with zero attached hydrogens (tertiary/aromatic N) is 1. The van der Waals surface area contributed by atoms with Crippen LogP contribution in [0.4, 0.5) is 26.3 Å². The SMILES string of the molecule is COc1cc(/C=C/c2ccccn2)ccc1OC(=O)c1cc(C(F)(F)F)cc(C(F)(F)F)c1. The van der Waals surface area contributed by atoms with Crippen LogP contribution in [0, 0.1) is 0 Å². The van der Waals surface area contributed by atoms with Gasteiger partial charge in [0, 0.05) is 6.20 Å². The minimum atomic E-state index is -5.09. The molecule has 33 heavy (non-hydrogen) atoms. The van der Waals surface area contributed by atoms with Gasteiger partial charge in [0.15, 0.2) is 11.5 Å². The van der Waals surface area contributed by atoms with Crippen LogP contribution in [0.2, 0.25) is 0 Å². The van der Waals surface area contributed by atoms with Gasteiger partial charge in [-0.05, 0) is 54.1 Å². The number of ether oxygens (including phenoxy) is 2. The summed E-state index contributed by atoms with van der Waals surface area (Å²) in [6, 6.07) is 10.2. The molecule has 0 fully saturated rings. The van der Waals surface area contributed by atoms with Crippen LogP contribution in [0.15, 0.2) is 60.8 Å². The summed E-state index contributed by atoms with van der Waals surface area (Å²) >= 11 is 0. The minimum Gasteiger partial charge on any atom is -0.493 e. The molecule has 0 bridgehead atoms. The highest BCUT2D eigenvalue weighted by Gasteiger charge is 2.37. The van der Waals surface area contributed by atoms with Gasteiger partial charge in [-0.25, -0.2) is 4.79 Å². The summed E-state index contributed by atoms with van der Waals surface area (Å²) in [6.45, 7) is 0. The van der Waals surface area contributed by atoms with Crippen LogP contribution in [-0.2, 0) is 12.4 Å². The average Bonchev–Trinajstić information content (AvgIpc) is 2.77. The first kappa shape index (κ1) is 23.8. The van der Waals surface area contributed by atoms with Crippen molar-refractivity contribution in [1.82, 2.24) is 4.98 Å². The Morgan fingerprint density at radius 2 is 1.52 bits per heavy atom. The lowest BCUT2D eigenvalue weighted by atomic mass is 10.0. The number of carbonyl (C=O) groups is 1. The maximum atomic E-state index is 13.0. The van der Waals surface area contributed by atoms with Crippen molar-refractivity contribution in [2.45, 2.75) is 12.4 Å². The average molecular weight is 467 g/mol. The molecule has 0 atom stereocenters. The second-order valence-corrected chi connectivity index (χ2v) is 6.68. The molecule has 3 aromatic rings. The topological polar surface area (TPSA) is 48.4 Å². The van der Waals surface area contributed by atoms with Gasteiger partial charge >= 0.3 is 18.3 Å². The highest BCUT2D eigenvalue weighted by molar-refractivity contribution is 5.92. The zero-order chi connectivity index (χ0) is 24.2. The molecule has 0 saturated carbocycles. The summed E-state index contributed by atoms with van der Waals surface area (Å²) in [6.07, 6.45) is -5.16. The summed E-state index contributed by atoms with van der Waals surface area (Å²) < 4.78 is 88.4. The monoisotopic (exact) mass is 467 g/mol. The molecule has 0 saturated heterocycles. The van der Waals surface area contributed by atoms with Gasteiger partial charge in [-0.3, -0.25) is 4.98 Å². The Kier molecular flexibility index (Phi) is 6.75. The van der Waals surface area contributed by atoms with Crippen LogP contribution in [0.5, 0.6) is 11.5 Å². The summed E-state index contributed by atoms with van der Waals surface area (Å²) in [5, 5.41) is 0. The molecule has 3 rings (SSSR count). The zero-order valence-electron chi connectivity index (χ0n) is 16.9. The quantitative estimate of drug-likeness (QED) is 0.244. The van der Waals surface area contributed by atoms with E-state index in [4.69, 9.17) is 9.47 Å². The number of benzene rings is 2. The molecule has 0 aliphatic rings. The second kappa shape index (κ2) is 9.35. The van der Waals surface area contributed by atoms with Gasteiger partial charge < -0.3 is 9.47 Å². The van der Waals surface area contributed by atoms with E-state index >= 15 is 0 Å². The van der Waals surface area contributed by atoms with Crippen LogP contribution < -0.4 is 9.47 Å². The molecule has 0 amide bonds. The number of halogens is 6. The third-order valence-electron chi connectivity index (χ3n) is 4.35. The van der Waals surface area contributed by atoms with Crippen LogP contribution in [0.3, 0.4) is 0 Å². The molecule has 0 N–H and O–H groups in total. The highest BCUT2D eigenvalue weighted by Crippen LogP contribution is 2.37. The molecule has 1 aromatic heterocycles. The number of alkyl halides is 6. The van der Waals surface area contributed by atoms with Crippen LogP contribution >= 0.6 is 0 Å². The van der Waals surface area contributed by atoms with E-state index in [0.29, 0.717) is 23.4 Å². The molecule has 10 heteroatoms.